The lowest BCUT2D eigenvalue weighted by molar-refractivity contribution is -0.145. The number of para-hydroxylation sites is 1. The van der Waals surface area contributed by atoms with Gasteiger partial charge in [0.15, 0.2) is 0 Å². The Morgan fingerprint density at radius 2 is 2.05 bits per heavy atom. The quantitative estimate of drug-likeness (QED) is 0.823. The Morgan fingerprint density at radius 1 is 1.30 bits per heavy atom. The Balaban J connectivity index is 1.94. The summed E-state index contributed by atoms with van der Waals surface area (Å²) < 4.78 is 46.8. The van der Waals surface area contributed by atoms with Crippen LogP contribution in [0.25, 0.3) is 11.0 Å². The molecule has 0 saturated heterocycles. The Hall–Kier alpha value is -1.53. The van der Waals surface area contributed by atoms with Crippen molar-refractivity contribution in [1.29, 1.82) is 0 Å². The van der Waals surface area contributed by atoms with Gasteiger partial charge >= 0.3 is 6.18 Å². The standard InChI is InChI=1S/C14H16F3NO2/c1-18-11(9-19-7-6-14(15,16)17)13-8-10-4-2-3-5-12(10)20-13/h2-5,8,11,18H,6-7,9H2,1H3. The predicted octanol–water partition coefficient (Wildman–Crippen LogP) is 3.66. The van der Waals surface area contributed by atoms with Crippen molar-refractivity contribution in [3.05, 3.63) is 36.1 Å². The van der Waals surface area contributed by atoms with Crippen molar-refractivity contribution >= 4 is 11.0 Å². The van der Waals surface area contributed by atoms with E-state index in [-0.39, 0.29) is 19.3 Å². The predicted molar refractivity (Wildman–Crippen MR) is 69.5 cm³/mol. The van der Waals surface area contributed by atoms with Gasteiger partial charge in [0.05, 0.1) is 25.7 Å². The average molecular weight is 287 g/mol. The van der Waals surface area contributed by atoms with Gasteiger partial charge in [0.2, 0.25) is 0 Å². The third kappa shape index (κ3) is 3.98. The number of benzene rings is 1. The van der Waals surface area contributed by atoms with Gasteiger partial charge in [0.25, 0.3) is 0 Å². The number of likely N-dealkylation sites (N-methyl/N-ethyl adjacent to an activating group) is 1. The number of rotatable bonds is 6. The summed E-state index contributed by atoms with van der Waals surface area (Å²) in [6, 6.07) is 9.12. The van der Waals surface area contributed by atoms with E-state index in [0.717, 1.165) is 11.0 Å². The van der Waals surface area contributed by atoms with Crippen LogP contribution in [0.4, 0.5) is 13.2 Å². The molecule has 1 aromatic heterocycles. The van der Waals surface area contributed by atoms with Gasteiger partial charge in [0.1, 0.15) is 11.3 Å². The summed E-state index contributed by atoms with van der Waals surface area (Å²) in [7, 11) is 1.71. The monoisotopic (exact) mass is 287 g/mol. The fourth-order valence-corrected chi connectivity index (χ4v) is 1.87. The van der Waals surface area contributed by atoms with Crippen LogP contribution in [0.2, 0.25) is 0 Å². The van der Waals surface area contributed by atoms with Crippen LogP contribution < -0.4 is 5.32 Å². The third-order valence-electron chi connectivity index (χ3n) is 2.95. The zero-order valence-electron chi connectivity index (χ0n) is 11.0. The SMILES string of the molecule is CNC(COCCC(F)(F)F)c1cc2ccccc2o1. The molecule has 110 valence electrons. The lowest BCUT2D eigenvalue weighted by atomic mass is 10.2. The number of fused-ring (bicyclic) bond motifs is 1. The molecule has 0 bridgehead atoms. The van der Waals surface area contributed by atoms with Gasteiger partial charge in [-0.2, -0.15) is 13.2 Å². The average Bonchev–Trinajstić information content (AvgIpc) is 2.81. The molecule has 20 heavy (non-hydrogen) atoms. The van der Waals surface area contributed by atoms with E-state index in [1.165, 1.54) is 0 Å². The number of furan rings is 1. The minimum atomic E-state index is -4.19. The van der Waals surface area contributed by atoms with Gasteiger partial charge in [-0.15, -0.1) is 0 Å². The first-order valence-electron chi connectivity index (χ1n) is 6.30. The molecule has 6 heteroatoms. The van der Waals surface area contributed by atoms with Crippen LogP contribution in [0.1, 0.15) is 18.2 Å². The van der Waals surface area contributed by atoms with E-state index in [4.69, 9.17) is 9.15 Å². The highest BCUT2D eigenvalue weighted by atomic mass is 19.4. The third-order valence-corrected chi connectivity index (χ3v) is 2.95. The molecule has 0 amide bonds. The van der Waals surface area contributed by atoms with Gasteiger partial charge in [-0.1, -0.05) is 18.2 Å². The molecular formula is C14H16F3NO2. The lowest BCUT2D eigenvalue weighted by Crippen LogP contribution is -2.22. The Kier molecular flexibility index (Phi) is 4.67. The van der Waals surface area contributed by atoms with Crippen LogP contribution in [-0.4, -0.2) is 26.4 Å². The fourth-order valence-electron chi connectivity index (χ4n) is 1.87. The van der Waals surface area contributed by atoms with Crippen LogP contribution >= 0.6 is 0 Å². The lowest BCUT2D eigenvalue weighted by Gasteiger charge is -2.14. The molecule has 3 nitrogen and oxygen atoms in total. The molecule has 1 heterocycles. The highest BCUT2D eigenvalue weighted by molar-refractivity contribution is 5.77. The minimum absolute atomic E-state index is 0.131. The summed E-state index contributed by atoms with van der Waals surface area (Å²) in [5.41, 5.74) is 0.748. The first-order valence-corrected chi connectivity index (χ1v) is 6.30. The summed E-state index contributed by atoms with van der Waals surface area (Å²) in [5, 5.41) is 3.93. The summed E-state index contributed by atoms with van der Waals surface area (Å²) in [4.78, 5) is 0. The second-order valence-corrected chi connectivity index (χ2v) is 4.47. The maximum absolute atomic E-state index is 12.0. The Morgan fingerprint density at radius 3 is 2.70 bits per heavy atom. The Bertz CT molecular complexity index is 518. The summed E-state index contributed by atoms with van der Waals surface area (Å²) in [6.07, 6.45) is -5.13. The van der Waals surface area contributed by atoms with Crippen molar-refractivity contribution < 1.29 is 22.3 Å². The maximum atomic E-state index is 12.0. The molecular weight excluding hydrogens is 271 g/mol. The van der Waals surface area contributed by atoms with Crippen molar-refractivity contribution in [2.45, 2.75) is 18.6 Å². The van der Waals surface area contributed by atoms with Crippen molar-refractivity contribution in [3.8, 4) is 0 Å². The van der Waals surface area contributed by atoms with E-state index >= 15 is 0 Å². The molecule has 0 aliphatic heterocycles. The van der Waals surface area contributed by atoms with Crippen molar-refractivity contribution in [2.75, 3.05) is 20.3 Å². The van der Waals surface area contributed by atoms with E-state index in [0.29, 0.717) is 5.76 Å². The molecule has 2 rings (SSSR count). The van der Waals surface area contributed by atoms with E-state index in [9.17, 15) is 13.2 Å². The molecule has 1 atom stereocenters. The van der Waals surface area contributed by atoms with E-state index in [2.05, 4.69) is 5.32 Å². The molecule has 0 fully saturated rings. The number of alkyl halides is 3. The van der Waals surface area contributed by atoms with Gasteiger partial charge in [-0.05, 0) is 19.2 Å². The number of nitrogens with one attached hydrogen (secondary N) is 1. The van der Waals surface area contributed by atoms with Crippen LogP contribution in [0.5, 0.6) is 0 Å². The highest BCUT2D eigenvalue weighted by Gasteiger charge is 2.26. The van der Waals surface area contributed by atoms with Crippen molar-refractivity contribution in [3.63, 3.8) is 0 Å². The number of ether oxygens (including phenoxy) is 1. The highest BCUT2D eigenvalue weighted by Crippen LogP contribution is 2.24. The van der Waals surface area contributed by atoms with Crippen LogP contribution in [-0.2, 0) is 4.74 Å². The van der Waals surface area contributed by atoms with E-state index in [1.807, 2.05) is 30.3 Å². The van der Waals surface area contributed by atoms with Crippen molar-refractivity contribution in [1.82, 2.24) is 5.32 Å². The normalized spacial score (nSPS) is 13.8. The number of halogens is 3. The molecule has 0 radical (unpaired) electrons. The fraction of sp³-hybridized carbons (Fsp3) is 0.429. The second-order valence-electron chi connectivity index (χ2n) is 4.47. The van der Waals surface area contributed by atoms with Crippen LogP contribution in [0.3, 0.4) is 0 Å². The number of hydrogen-bond acceptors (Lipinski definition) is 3. The summed E-state index contributed by atoms with van der Waals surface area (Å²) >= 11 is 0. The van der Waals surface area contributed by atoms with Gasteiger partial charge in [-0.3, -0.25) is 0 Å². The zero-order chi connectivity index (χ0) is 14.6. The Labute approximate surface area is 114 Å². The summed E-state index contributed by atoms with van der Waals surface area (Å²) in [6.45, 7) is -0.214. The molecule has 1 N–H and O–H groups in total. The molecule has 1 unspecified atom stereocenters. The molecule has 0 aliphatic carbocycles. The van der Waals surface area contributed by atoms with Crippen LogP contribution in [0.15, 0.2) is 34.7 Å². The molecule has 0 spiro atoms. The van der Waals surface area contributed by atoms with E-state index in [1.54, 1.807) is 7.05 Å². The molecule has 0 saturated carbocycles. The zero-order valence-corrected chi connectivity index (χ0v) is 11.0. The largest absolute Gasteiger partial charge is 0.459 e. The summed E-state index contributed by atoms with van der Waals surface area (Å²) in [5.74, 6) is 0.653. The first kappa shape index (κ1) is 14.9. The molecule has 0 aliphatic rings. The van der Waals surface area contributed by atoms with Crippen molar-refractivity contribution in [2.24, 2.45) is 0 Å². The maximum Gasteiger partial charge on any atom is 0.391 e. The molecule has 1 aromatic carbocycles. The second kappa shape index (κ2) is 6.28. The minimum Gasteiger partial charge on any atom is -0.459 e. The smallest absolute Gasteiger partial charge is 0.391 e. The van der Waals surface area contributed by atoms with E-state index < -0.39 is 12.6 Å². The van der Waals surface area contributed by atoms with Crippen LogP contribution in [0, 0.1) is 0 Å². The van der Waals surface area contributed by atoms with Gasteiger partial charge in [0, 0.05) is 5.39 Å². The number of hydrogen-bond donors (Lipinski definition) is 1. The topological polar surface area (TPSA) is 34.4 Å². The molecule has 2 aromatic rings. The first-order chi connectivity index (χ1) is 9.49. The van der Waals surface area contributed by atoms with Gasteiger partial charge < -0.3 is 14.5 Å². The van der Waals surface area contributed by atoms with Gasteiger partial charge in [-0.25, -0.2) is 0 Å².